The number of aromatic nitrogens is 2. The molecule has 0 spiro atoms. The number of rotatable bonds is 0. The lowest BCUT2D eigenvalue weighted by atomic mass is 9.95. The van der Waals surface area contributed by atoms with Gasteiger partial charge in [-0.3, -0.25) is 4.40 Å². The van der Waals surface area contributed by atoms with Gasteiger partial charge >= 0.3 is 0 Å². The van der Waals surface area contributed by atoms with Gasteiger partial charge in [-0.2, -0.15) is 0 Å². The predicted molar refractivity (Wildman–Crippen MR) is 136 cm³/mol. The van der Waals surface area contributed by atoms with Gasteiger partial charge in [0.25, 0.3) is 0 Å². The van der Waals surface area contributed by atoms with Crippen LogP contribution in [0.15, 0.2) is 72.8 Å². The van der Waals surface area contributed by atoms with Crippen molar-refractivity contribution in [3.8, 4) is 22.3 Å². The van der Waals surface area contributed by atoms with Crippen molar-refractivity contribution in [2.75, 3.05) is 0 Å². The zero-order valence-corrected chi connectivity index (χ0v) is 18.7. The van der Waals surface area contributed by atoms with E-state index < -0.39 is 0 Å². The first-order valence-electron chi connectivity index (χ1n) is 11.8. The van der Waals surface area contributed by atoms with Crippen LogP contribution in [0.25, 0.3) is 49.6 Å². The molecule has 6 aromatic rings. The molecule has 0 bridgehead atoms. The smallest absolute Gasteiger partial charge is 0.145 e. The molecule has 156 valence electrons. The molecule has 0 N–H and O–H groups in total. The Morgan fingerprint density at radius 2 is 1.39 bits per heavy atom. The van der Waals surface area contributed by atoms with Crippen LogP contribution in [0.5, 0.6) is 0 Å². The van der Waals surface area contributed by atoms with E-state index in [-0.39, 0.29) is 0 Å². The fourth-order valence-electron chi connectivity index (χ4n) is 6.43. The lowest BCUT2D eigenvalue weighted by Crippen LogP contribution is -1.98. The van der Waals surface area contributed by atoms with Crippen molar-refractivity contribution in [3.05, 3.63) is 106 Å². The number of fused-ring (bicyclic) bond motifs is 14. The number of pyridine rings is 1. The molecular formula is C31H22N2. The molecule has 33 heavy (non-hydrogen) atoms. The molecule has 0 atom stereocenters. The Hall–Kier alpha value is -3.91. The number of aryl methyl sites for hydroxylation is 2. The number of hydrogen-bond donors (Lipinski definition) is 0. The summed E-state index contributed by atoms with van der Waals surface area (Å²) >= 11 is 0. The quantitative estimate of drug-likeness (QED) is 0.233. The molecule has 2 aliphatic carbocycles. The number of benzene rings is 4. The summed E-state index contributed by atoms with van der Waals surface area (Å²) in [5.41, 5.74) is 16.3. The minimum absolute atomic E-state index is 0.976. The van der Waals surface area contributed by atoms with E-state index in [2.05, 4.69) is 91.0 Å². The lowest BCUT2D eigenvalue weighted by Gasteiger charge is -2.13. The molecule has 2 heteroatoms. The first kappa shape index (κ1) is 17.6. The highest BCUT2D eigenvalue weighted by Crippen LogP contribution is 2.49. The summed E-state index contributed by atoms with van der Waals surface area (Å²) in [6, 6.07) is 27.1. The van der Waals surface area contributed by atoms with Crippen molar-refractivity contribution in [2.24, 2.45) is 0 Å². The van der Waals surface area contributed by atoms with Gasteiger partial charge in [-0.25, -0.2) is 4.98 Å². The predicted octanol–water partition coefficient (Wildman–Crippen LogP) is 7.40. The maximum atomic E-state index is 5.02. The van der Waals surface area contributed by atoms with E-state index >= 15 is 0 Å². The van der Waals surface area contributed by atoms with Crippen LogP contribution in [0.4, 0.5) is 0 Å². The van der Waals surface area contributed by atoms with Crippen LogP contribution in [0.1, 0.15) is 33.6 Å². The zero-order chi connectivity index (χ0) is 21.8. The lowest BCUT2D eigenvalue weighted by molar-refractivity contribution is 1.13. The summed E-state index contributed by atoms with van der Waals surface area (Å²) in [5.74, 6) is 0. The Morgan fingerprint density at radius 1 is 0.636 bits per heavy atom. The van der Waals surface area contributed by atoms with E-state index in [0.29, 0.717) is 0 Å². The third-order valence-corrected chi connectivity index (χ3v) is 8.02. The van der Waals surface area contributed by atoms with Crippen LogP contribution in [-0.4, -0.2) is 9.38 Å². The summed E-state index contributed by atoms with van der Waals surface area (Å²) in [7, 11) is 0. The molecule has 0 amide bonds. The topological polar surface area (TPSA) is 17.3 Å². The van der Waals surface area contributed by atoms with Crippen molar-refractivity contribution in [1.29, 1.82) is 0 Å². The summed E-state index contributed by atoms with van der Waals surface area (Å²) in [6.45, 7) is 4.34. The van der Waals surface area contributed by atoms with Gasteiger partial charge in [-0.05, 0) is 70.2 Å². The fourth-order valence-corrected chi connectivity index (χ4v) is 6.43. The van der Waals surface area contributed by atoms with Crippen LogP contribution in [0, 0.1) is 13.8 Å². The molecule has 0 unspecified atom stereocenters. The molecule has 2 aliphatic rings. The Morgan fingerprint density at radius 3 is 2.30 bits per heavy atom. The molecule has 0 saturated carbocycles. The molecular weight excluding hydrogens is 400 g/mol. The monoisotopic (exact) mass is 422 g/mol. The first-order chi connectivity index (χ1) is 16.2. The van der Waals surface area contributed by atoms with Crippen molar-refractivity contribution >= 4 is 27.3 Å². The second kappa shape index (κ2) is 5.90. The zero-order valence-electron chi connectivity index (χ0n) is 18.7. The Balaban J connectivity index is 1.52. The first-order valence-corrected chi connectivity index (χ1v) is 11.8. The highest BCUT2D eigenvalue weighted by Gasteiger charge is 2.30. The number of hydrogen-bond acceptors (Lipinski definition) is 1. The van der Waals surface area contributed by atoms with E-state index in [1.807, 2.05) is 0 Å². The molecule has 0 fully saturated rings. The van der Waals surface area contributed by atoms with E-state index in [1.165, 1.54) is 71.9 Å². The van der Waals surface area contributed by atoms with E-state index in [9.17, 15) is 0 Å². The van der Waals surface area contributed by atoms with Crippen LogP contribution in [0.2, 0.25) is 0 Å². The summed E-state index contributed by atoms with van der Waals surface area (Å²) in [5, 5.41) is 3.84. The molecule has 2 heterocycles. The maximum Gasteiger partial charge on any atom is 0.145 e. The van der Waals surface area contributed by atoms with Gasteiger partial charge in [0, 0.05) is 22.9 Å². The van der Waals surface area contributed by atoms with E-state index in [4.69, 9.17) is 4.98 Å². The molecule has 4 aromatic carbocycles. The normalized spacial score (nSPS) is 13.5. The van der Waals surface area contributed by atoms with Crippen molar-refractivity contribution < 1.29 is 0 Å². The summed E-state index contributed by atoms with van der Waals surface area (Å²) in [4.78, 5) is 5.02. The van der Waals surface area contributed by atoms with Crippen molar-refractivity contribution in [2.45, 2.75) is 26.7 Å². The Bertz CT molecular complexity index is 1830. The highest BCUT2D eigenvalue weighted by atomic mass is 15.0. The SMILES string of the molecule is Cc1nc2c3ccccc3c3ccc4c(c3n2c1C)Cc1c-4ccc2c1-c1ccccc1C2. The largest absolute Gasteiger partial charge is 0.296 e. The molecule has 2 nitrogen and oxygen atoms in total. The highest BCUT2D eigenvalue weighted by molar-refractivity contribution is 6.14. The van der Waals surface area contributed by atoms with Gasteiger partial charge in [0.05, 0.1) is 11.2 Å². The average molecular weight is 423 g/mol. The maximum absolute atomic E-state index is 5.02. The Kier molecular flexibility index (Phi) is 3.15. The van der Waals surface area contributed by atoms with Gasteiger partial charge < -0.3 is 0 Å². The van der Waals surface area contributed by atoms with E-state index in [1.54, 1.807) is 0 Å². The van der Waals surface area contributed by atoms with Gasteiger partial charge in [0.2, 0.25) is 0 Å². The second-order valence-electron chi connectivity index (χ2n) is 9.61. The third-order valence-electron chi connectivity index (χ3n) is 8.02. The molecule has 0 aliphatic heterocycles. The van der Waals surface area contributed by atoms with Crippen molar-refractivity contribution in [3.63, 3.8) is 0 Å². The standard InChI is InChI=1S/C31H22N2/c1-17-18(2)33-30-25(22-9-5-6-10-26(22)31(33)32-17)14-13-24-23-12-11-20-15-19-7-3-4-8-21(19)29(20)27(23)16-28(24)30/h3-14H,15-16H2,1-2H3. The average Bonchev–Trinajstić information content (AvgIpc) is 3.50. The van der Waals surface area contributed by atoms with Gasteiger partial charge in [-0.1, -0.05) is 72.8 Å². The Labute approximate surface area is 192 Å². The second-order valence-corrected chi connectivity index (χ2v) is 9.61. The van der Waals surface area contributed by atoms with Crippen LogP contribution in [0.3, 0.4) is 0 Å². The van der Waals surface area contributed by atoms with Crippen LogP contribution in [-0.2, 0) is 12.8 Å². The van der Waals surface area contributed by atoms with Crippen molar-refractivity contribution in [1.82, 2.24) is 9.38 Å². The minimum atomic E-state index is 0.976. The number of imidazole rings is 1. The van der Waals surface area contributed by atoms with Crippen LogP contribution < -0.4 is 0 Å². The minimum Gasteiger partial charge on any atom is -0.296 e. The van der Waals surface area contributed by atoms with Gasteiger partial charge in [0.1, 0.15) is 5.65 Å². The molecule has 2 aromatic heterocycles. The molecule has 8 rings (SSSR count). The fraction of sp³-hybridized carbons (Fsp3) is 0.129. The van der Waals surface area contributed by atoms with Gasteiger partial charge in [0.15, 0.2) is 0 Å². The van der Waals surface area contributed by atoms with Crippen LogP contribution >= 0.6 is 0 Å². The summed E-state index contributed by atoms with van der Waals surface area (Å²) < 4.78 is 2.42. The summed E-state index contributed by atoms with van der Waals surface area (Å²) in [6.07, 6.45) is 2.02. The third kappa shape index (κ3) is 2.07. The van der Waals surface area contributed by atoms with Gasteiger partial charge in [-0.15, -0.1) is 0 Å². The number of nitrogens with zero attached hydrogens (tertiary/aromatic N) is 2. The molecule has 0 radical (unpaired) electrons. The molecule has 0 saturated heterocycles. The van der Waals surface area contributed by atoms with E-state index in [0.717, 1.165) is 24.2 Å².